The summed E-state index contributed by atoms with van der Waals surface area (Å²) < 4.78 is 10.9. The number of thioether (sulfide) groups is 1. The molecule has 0 radical (unpaired) electrons. The number of hydrogen-bond acceptors (Lipinski definition) is 6. The van der Waals surface area contributed by atoms with E-state index in [2.05, 4.69) is 5.43 Å². The van der Waals surface area contributed by atoms with E-state index in [1.807, 2.05) is 36.4 Å². The molecule has 2 aromatic carbocycles. The molecule has 8 heteroatoms. The van der Waals surface area contributed by atoms with Crippen molar-refractivity contribution >= 4 is 46.2 Å². The minimum Gasteiger partial charge on any atom is -0.493 e. The first-order chi connectivity index (χ1) is 13.5. The second-order valence-electron chi connectivity index (χ2n) is 5.80. The number of carbonyl (C=O) groups excluding carboxylic acids is 2. The molecule has 1 fully saturated rings. The standard InChI is InChI=1S/C20H18N2O4S2/c1-25-15-10-6-9-14(18(15)26-2)12-16-19(24)22(20(27)28-16)21-17(23)11-13-7-4-3-5-8-13/h3-10,12H,11H2,1-2H3,(H,21,23)/b16-12-. The highest BCUT2D eigenvalue weighted by Gasteiger charge is 2.33. The van der Waals surface area contributed by atoms with Crippen LogP contribution < -0.4 is 14.9 Å². The maximum absolute atomic E-state index is 12.7. The number of nitrogens with one attached hydrogen (secondary N) is 1. The van der Waals surface area contributed by atoms with Gasteiger partial charge in [-0.3, -0.25) is 15.0 Å². The van der Waals surface area contributed by atoms with E-state index in [0.29, 0.717) is 22.0 Å². The number of methoxy groups -OCH3 is 2. The van der Waals surface area contributed by atoms with Gasteiger partial charge in [-0.1, -0.05) is 54.2 Å². The van der Waals surface area contributed by atoms with E-state index in [1.165, 1.54) is 7.11 Å². The number of rotatable bonds is 6. The fourth-order valence-electron chi connectivity index (χ4n) is 2.68. The molecule has 1 aliphatic rings. The maximum Gasteiger partial charge on any atom is 0.285 e. The Morgan fingerprint density at radius 3 is 2.57 bits per heavy atom. The number of hydrogen-bond donors (Lipinski definition) is 1. The summed E-state index contributed by atoms with van der Waals surface area (Å²) in [7, 11) is 3.08. The third kappa shape index (κ3) is 4.35. The van der Waals surface area contributed by atoms with E-state index in [1.54, 1.807) is 25.3 Å². The summed E-state index contributed by atoms with van der Waals surface area (Å²) in [6.45, 7) is 0. The van der Waals surface area contributed by atoms with Crippen LogP contribution >= 0.6 is 24.0 Å². The number of hydrazine groups is 1. The zero-order valence-electron chi connectivity index (χ0n) is 15.3. The van der Waals surface area contributed by atoms with Gasteiger partial charge in [0.05, 0.1) is 25.5 Å². The predicted molar refractivity (Wildman–Crippen MR) is 113 cm³/mol. The third-order valence-electron chi connectivity index (χ3n) is 3.96. The Balaban J connectivity index is 1.77. The molecule has 1 aliphatic heterocycles. The Hall–Kier alpha value is -2.84. The topological polar surface area (TPSA) is 67.9 Å². The molecule has 0 aliphatic carbocycles. The molecule has 144 valence electrons. The van der Waals surface area contributed by atoms with Crippen LogP contribution in [0.1, 0.15) is 11.1 Å². The maximum atomic E-state index is 12.7. The first kappa shape index (κ1) is 19.9. The van der Waals surface area contributed by atoms with Crippen LogP contribution in [0.25, 0.3) is 6.08 Å². The van der Waals surface area contributed by atoms with Crippen LogP contribution in [0.15, 0.2) is 53.4 Å². The number of benzene rings is 2. The van der Waals surface area contributed by atoms with Gasteiger partial charge in [0.2, 0.25) is 5.91 Å². The van der Waals surface area contributed by atoms with Gasteiger partial charge in [-0.15, -0.1) is 0 Å². The number of ether oxygens (including phenoxy) is 2. The summed E-state index contributed by atoms with van der Waals surface area (Å²) in [6, 6.07) is 14.7. The molecular formula is C20H18N2O4S2. The lowest BCUT2D eigenvalue weighted by Gasteiger charge is -2.15. The zero-order chi connectivity index (χ0) is 20.1. The summed E-state index contributed by atoms with van der Waals surface area (Å²) in [5.74, 6) is 0.371. The van der Waals surface area contributed by atoms with E-state index >= 15 is 0 Å². The first-order valence-corrected chi connectivity index (χ1v) is 9.58. The molecule has 3 rings (SSSR count). The number of para-hydroxylation sites is 1. The Labute approximate surface area is 172 Å². The number of thiocarbonyl (C=S) groups is 1. The molecular weight excluding hydrogens is 396 g/mol. The Morgan fingerprint density at radius 1 is 1.14 bits per heavy atom. The van der Waals surface area contributed by atoms with Gasteiger partial charge in [0.1, 0.15) is 0 Å². The Morgan fingerprint density at radius 2 is 1.89 bits per heavy atom. The fraction of sp³-hybridized carbons (Fsp3) is 0.150. The lowest BCUT2D eigenvalue weighted by Crippen LogP contribution is -2.45. The fourth-order valence-corrected chi connectivity index (χ4v) is 3.85. The molecule has 0 aromatic heterocycles. The SMILES string of the molecule is COc1cccc(/C=C2\SC(=S)N(NC(=O)Cc3ccccc3)C2=O)c1OC. The minimum absolute atomic E-state index is 0.153. The first-order valence-electron chi connectivity index (χ1n) is 8.36. The summed E-state index contributed by atoms with van der Waals surface area (Å²) >= 11 is 6.38. The summed E-state index contributed by atoms with van der Waals surface area (Å²) in [6.07, 6.45) is 1.82. The second kappa shape index (κ2) is 8.90. The monoisotopic (exact) mass is 414 g/mol. The van der Waals surface area contributed by atoms with Crippen LogP contribution in [0.3, 0.4) is 0 Å². The van der Waals surface area contributed by atoms with Gasteiger partial charge in [0, 0.05) is 5.56 Å². The lowest BCUT2D eigenvalue weighted by atomic mass is 10.1. The molecule has 28 heavy (non-hydrogen) atoms. The largest absolute Gasteiger partial charge is 0.493 e. The molecule has 1 saturated heterocycles. The van der Waals surface area contributed by atoms with Gasteiger partial charge in [-0.25, -0.2) is 0 Å². The molecule has 6 nitrogen and oxygen atoms in total. The van der Waals surface area contributed by atoms with Crippen LogP contribution in [0.4, 0.5) is 0 Å². The highest BCUT2D eigenvalue weighted by Crippen LogP contribution is 2.36. The molecule has 0 spiro atoms. The molecule has 1 heterocycles. The lowest BCUT2D eigenvalue weighted by molar-refractivity contribution is -0.132. The van der Waals surface area contributed by atoms with Crippen molar-refractivity contribution in [1.29, 1.82) is 0 Å². The summed E-state index contributed by atoms with van der Waals surface area (Å²) in [4.78, 5) is 25.4. The van der Waals surface area contributed by atoms with Crippen molar-refractivity contribution in [3.05, 3.63) is 64.6 Å². The molecule has 0 saturated carbocycles. The molecule has 2 amide bonds. The molecule has 0 bridgehead atoms. The van der Waals surface area contributed by atoms with Gasteiger partial charge in [-0.05, 0) is 29.9 Å². The van der Waals surface area contributed by atoms with Crippen LogP contribution in [-0.4, -0.2) is 35.4 Å². The van der Waals surface area contributed by atoms with Gasteiger partial charge < -0.3 is 9.47 Å². The van der Waals surface area contributed by atoms with E-state index in [0.717, 1.165) is 22.3 Å². The van der Waals surface area contributed by atoms with Crippen molar-refractivity contribution < 1.29 is 19.1 Å². The molecule has 2 aromatic rings. The molecule has 0 atom stereocenters. The minimum atomic E-state index is -0.388. The van der Waals surface area contributed by atoms with Crippen molar-refractivity contribution in [3.63, 3.8) is 0 Å². The van der Waals surface area contributed by atoms with Gasteiger partial charge >= 0.3 is 0 Å². The van der Waals surface area contributed by atoms with Crippen molar-refractivity contribution in [1.82, 2.24) is 10.4 Å². The predicted octanol–water partition coefficient (Wildman–Crippen LogP) is 3.18. The van der Waals surface area contributed by atoms with E-state index in [9.17, 15) is 9.59 Å². The summed E-state index contributed by atoms with van der Waals surface area (Å²) in [5, 5.41) is 1.10. The van der Waals surface area contributed by atoms with Crippen LogP contribution in [0.2, 0.25) is 0 Å². The third-order valence-corrected chi connectivity index (χ3v) is 5.26. The van der Waals surface area contributed by atoms with E-state index in [4.69, 9.17) is 21.7 Å². The number of carbonyl (C=O) groups is 2. The van der Waals surface area contributed by atoms with Crippen molar-refractivity contribution in [2.24, 2.45) is 0 Å². The molecule has 1 N–H and O–H groups in total. The highest BCUT2D eigenvalue weighted by molar-refractivity contribution is 8.26. The van der Waals surface area contributed by atoms with E-state index in [-0.39, 0.29) is 22.6 Å². The normalized spacial score (nSPS) is 15.1. The van der Waals surface area contributed by atoms with Crippen LogP contribution in [0, 0.1) is 0 Å². The summed E-state index contributed by atoms with van der Waals surface area (Å²) in [5.41, 5.74) is 4.11. The van der Waals surface area contributed by atoms with Crippen LogP contribution in [0.5, 0.6) is 11.5 Å². The second-order valence-corrected chi connectivity index (χ2v) is 7.47. The van der Waals surface area contributed by atoms with Crippen molar-refractivity contribution in [3.8, 4) is 11.5 Å². The zero-order valence-corrected chi connectivity index (χ0v) is 16.9. The highest BCUT2D eigenvalue weighted by atomic mass is 32.2. The quantitative estimate of drug-likeness (QED) is 0.579. The van der Waals surface area contributed by atoms with E-state index < -0.39 is 0 Å². The van der Waals surface area contributed by atoms with Gasteiger partial charge in [0.15, 0.2) is 15.8 Å². The smallest absolute Gasteiger partial charge is 0.285 e. The van der Waals surface area contributed by atoms with Crippen molar-refractivity contribution in [2.75, 3.05) is 14.2 Å². The average molecular weight is 415 g/mol. The van der Waals surface area contributed by atoms with Gasteiger partial charge in [-0.2, -0.15) is 5.01 Å². The Kier molecular flexibility index (Phi) is 6.33. The average Bonchev–Trinajstić information content (AvgIpc) is 2.95. The number of nitrogens with zero attached hydrogens (tertiary/aromatic N) is 1. The van der Waals surface area contributed by atoms with Gasteiger partial charge in [0.25, 0.3) is 5.91 Å². The Bertz CT molecular complexity index is 944. The molecule has 0 unspecified atom stereocenters. The van der Waals surface area contributed by atoms with Crippen LogP contribution in [-0.2, 0) is 16.0 Å². The van der Waals surface area contributed by atoms with Crippen molar-refractivity contribution in [2.45, 2.75) is 6.42 Å². The number of amides is 2.